The van der Waals surface area contributed by atoms with Crippen molar-refractivity contribution in [3.63, 3.8) is 0 Å². The lowest BCUT2D eigenvalue weighted by atomic mass is 9.94. The molecular formula is C12H14ClNO2. The fourth-order valence-electron chi connectivity index (χ4n) is 2.35. The maximum absolute atomic E-state index is 11.1. The van der Waals surface area contributed by atoms with Crippen molar-refractivity contribution >= 4 is 17.6 Å². The van der Waals surface area contributed by atoms with E-state index in [1.807, 2.05) is 31.3 Å². The number of carbonyl (C=O) groups is 1. The van der Waals surface area contributed by atoms with Gasteiger partial charge in [0, 0.05) is 11.1 Å². The van der Waals surface area contributed by atoms with Gasteiger partial charge in [0.25, 0.3) is 0 Å². The molecule has 1 N–H and O–H groups in total. The lowest BCUT2D eigenvalue weighted by molar-refractivity contribution is -0.142. The van der Waals surface area contributed by atoms with Gasteiger partial charge in [-0.1, -0.05) is 23.7 Å². The summed E-state index contributed by atoms with van der Waals surface area (Å²) in [6.45, 7) is 0.824. The molecule has 1 heterocycles. The van der Waals surface area contributed by atoms with Crippen LogP contribution in [0, 0.1) is 5.92 Å². The van der Waals surface area contributed by atoms with Gasteiger partial charge in [-0.3, -0.25) is 9.69 Å². The summed E-state index contributed by atoms with van der Waals surface area (Å²) >= 11 is 5.82. The van der Waals surface area contributed by atoms with Gasteiger partial charge in [-0.05, 0) is 37.7 Å². The molecule has 1 fully saturated rings. The number of carboxylic acid groups (broad SMARTS) is 1. The second-order valence-corrected chi connectivity index (χ2v) is 4.65. The molecule has 2 rings (SSSR count). The number of likely N-dealkylation sites (tertiary alicyclic amines) is 1. The first kappa shape index (κ1) is 11.4. The van der Waals surface area contributed by atoms with Crippen molar-refractivity contribution in [2.45, 2.75) is 12.5 Å². The molecule has 1 aliphatic heterocycles. The van der Waals surface area contributed by atoms with E-state index in [0.717, 1.165) is 12.1 Å². The summed E-state index contributed by atoms with van der Waals surface area (Å²) in [5.74, 6) is -1.03. The minimum Gasteiger partial charge on any atom is -0.481 e. The lowest BCUT2D eigenvalue weighted by Crippen LogP contribution is -2.25. The van der Waals surface area contributed by atoms with Crippen LogP contribution in [0.4, 0.5) is 0 Å². The average Bonchev–Trinajstić information content (AvgIpc) is 2.62. The second kappa shape index (κ2) is 4.44. The van der Waals surface area contributed by atoms with Crippen molar-refractivity contribution in [2.75, 3.05) is 13.6 Å². The summed E-state index contributed by atoms with van der Waals surface area (Å²) < 4.78 is 0. The number of aliphatic carboxylic acids is 1. The van der Waals surface area contributed by atoms with E-state index in [2.05, 4.69) is 4.90 Å². The maximum atomic E-state index is 11.1. The molecule has 1 saturated heterocycles. The third-order valence-corrected chi connectivity index (χ3v) is 3.43. The van der Waals surface area contributed by atoms with Gasteiger partial charge in [-0.15, -0.1) is 0 Å². The molecule has 0 saturated carbocycles. The molecule has 2 atom stereocenters. The van der Waals surface area contributed by atoms with Crippen LogP contribution in [0.2, 0.25) is 5.02 Å². The molecule has 0 aliphatic carbocycles. The first-order valence-corrected chi connectivity index (χ1v) is 5.66. The molecule has 0 amide bonds. The third-order valence-electron chi connectivity index (χ3n) is 3.18. The SMILES string of the molecule is CN1CC[C@H](C(=O)O)[C@H]1c1ccc(Cl)cc1. The second-order valence-electron chi connectivity index (χ2n) is 4.21. The first-order valence-electron chi connectivity index (χ1n) is 5.28. The predicted molar refractivity (Wildman–Crippen MR) is 62.6 cm³/mol. The highest BCUT2D eigenvalue weighted by atomic mass is 35.5. The minimum atomic E-state index is -0.718. The Morgan fingerprint density at radius 1 is 1.44 bits per heavy atom. The van der Waals surface area contributed by atoms with E-state index in [1.54, 1.807) is 0 Å². The van der Waals surface area contributed by atoms with Crippen LogP contribution in [0.5, 0.6) is 0 Å². The van der Waals surface area contributed by atoms with E-state index in [-0.39, 0.29) is 12.0 Å². The molecule has 1 aromatic carbocycles. The summed E-state index contributed by atoms with van der Waals surface area (Å²) in [4.78, 5) is 13.2. The highest BCUT2D eigenvalue weighted by Gasteiger charge is 2.37. The van der Waals surface area contributed by atoms with E-state index in [4.69, 9.17) is 16.7 Å². The number of hydrogen-bond acceptors (Lipinski definition) is 2. The fraction of sp³-hybridized carbons (Fsp3) is 0.417. The molecule has 86 valence electrons. The predicted octanol–water partition coefficient (Wildman–Crippen LogP) is 2.42. The zero-order valence-electron chi connectivity index (χ0n) is 9.06. The van der Waals surface area contributed by atoms with Crippen molar-refractivity contribution in [1.29, 1.82) is 0 Å². The summed E-state index contributed by atoms with van der Waals surface area (Å²) in [5.41, 5.74) is 1.02. The molecule has 1 aliphatic rings. The Kier molecular flexibility index (Phi) is 3.17. The standard InChI is InChI=1S/C12H14ClNO2/c1-14-7-6-10(12(15)16)11(14)8-2-4-9(13)5-3-8/h2-5,10-11H,6-7H2,1H3,(H,15,16)/t10-,11+/m0/s1. The Labute approximate surface area is 99.6 Å². The topological polar surface area (TPSA) is 40.5 Å². The molecule has 4 heteroatoms. The van der Waals surface area contributed by atoms with Crippen molar-refractivity contribution in [1.82, 2.24) is 4.90 Å². The van der Waals surface area contributed by atoms with Crippen molar-refractivity contribution in [3.8, 4) is 0 Å². The van der Waals surface area contributed by atoms with Gasteiger partial charge in [0.1, 0.15) is 0 Å². The van der Waals surface area contributed by atoms with E-state index < -0.39 is 5.97 Å². The Hall–Kier alpha value is -1.06. The molecule has 0 bridgehead atoms. The van der Waals surface area contributed by atoms with Crippen LogP contribution < -0.4 is 0 Å². The molecule has 1 aromatic rings. The van der Waals surface area contributed by atoms with Crippen LogP contribution in [0.15, 0.2) is 24.3 Å². The first-order chi connectivity index (χ1) is 7.59. The molecule has 0 radical (unpaired) electrons. The van der Waals surface area contributed by atoms with Crippen molar-refractivity contribution < 1.29 is 9.90 Å². The van der Waals surface area contributed by atoms with Crippen LogP contribution in [-0.4, -0.2) is 29.6 Å². The van der Waals surface area contributed by atoms with Crippen LogP contribution in [-0.2, 0) is 4.79 Å². The number of halogens is 1. The third kappa shape index (κ3) is 2.06. The largest absolute Gasteiger partial charge is 0.481 e. The minimum absolute atomic E-state index is 0.0326. The number of carboxylic acids is 1. The highest BCUT2D eigenvalue weighted by molar-refractivity contribution is 6.30. The zero-order chi connectivity index (χ0) is 11.7. The van der Waals surface area contributed by atoms with Crippen LogP contribution >= 0.6 is 11.6 Å². The van der Waals surface area contributed by atoms with E-state index in [0.29, 0.717) is 11.4 Å². The quantitative estimate of drug-likeness (QED) is 0.862. The number of nitrogens with zero attached hydrogens (tertiary/aromatic N) is 1. The monoisotopic (exact) mass is 239 g/mol. The number of hydrogen-bond donors (Lipinski definition) is 1. The normalized spacial score (nSPS) is 25.9. The molecule has 0 spiro atoms. The fourth-order valence-corrected chi connectivity index (χ4v) is 2.48. The van der Waals surface area contributed by atoms with Crippen LogP contribution in [0.1, 0.15) is 18.0 Å². The van der Waals surface area contributed by atoms with Gasteiger partial charge in [-0.25, -0.2) is 0 Å². The molecule has 0 aromatic heterocycles. The van der Waals surface area contributed by atoms with Gasteiger partial charge in [0.05, 0.1) is 5.92 Å². The van der Waals surface area contributed by atoms with Crippen LogP contribution in [0.3, 0.4) is 0 Å². The summed E-state index contributed by atoms with van der Waals surface area (Å²) in [5, 5.41) is 9.84. The molecule has 16 heavy (non-hydrogen) atoms. The zero-order valence-corrected chi connectivity index (χ0v) is 9.81. The molecule has 3 nitrogen and oxygen atoms in total. The van der Waals surface area contributed by atoms with Crippen molar-refractivity contribution in [2.24, 2.45) is 5.92 Å². The van der Waals surface area contributed by atoms with Gasteiger partial charge in [0.15, 0.2) is 0 Å². The van der Waals surface area contributed by atoms with Crippen LogP contribution in [0.25, 0.3) is 0 Å². The number of benzene rings is 1. The number of rotatable bonds is 2. The smallest absolute Gasteiger partial charge is 0.308 e. The maximum Gasteiger partial charge on any atom is 0.308 e. The Bertz CT molecular complexity index is 391. The lowest BCUT2D eigenvalue weighted by Gasteiger charge is -2.23. The molecule has 0 unspecified atom stereocenters. The van der Waals surface area contributed by atoms with Gasteiger partial charge < -0.3 is 5.11 Å². The Balaban J connectivity index is 2.29. The van der Waals surface area contributed by atoms with E-state index in [1.165, 1.54) is 0 Å². The average molecular weight is 240 g/mol. The summed E-state index contributed by atoms with van der Waals surface area (Å²) in [6.07, 6.45) is 0.707. The van der Waals surface area contributed by atoms with E-state index >= 15 is 0 Å². The molecular weight excluding hydrogens is 226 g/mol. The van der Waals surface area contributed by atoms with Gasteiger partial charge >= 0.3 is 5.97 Å². The summed E-state index contributed by atoms with van der Waals surface area (Å²) in [6, 6.07) is 7.40. The Morgan fingerprint density at radius 2 is 2.06 bits per heavy atom. The van der Waals surface area contributed by atoms with Gasteiger partial charge in [-0.2, -0.15) is 0 Å². The summed E-state index contributed by atoms with van der Waals surface area (Å²) in [7, 11) is 1.96. The highest BCUT2D eigenvalue weighted by Crippen LogP contribution is 2.36. The van der Waals surface area contributed by atoms with E-state index in [9.17, 15) is 4.79 Å². The Morgan fingerprint density at radius 3 is 2.62 bits per heavy atom. The van der Waals surface area contributed by atoms with Crippen molar-refractivity contribution in [3.05, 3.63) is 34.9 Å². The van der Waals surface area contributed by atoms with Gasteiger partial charge in [0.2, 0.25) is 0 Å².